The first-order chi connectivity index (χ1) is 12.5. The third-order valence-electron chi connectivity index (χ3n) is 3.80. The first kappa shape index (κ1) is 17.9. The molecule has 0 bridgehead atoms. The number of hydrogen-bond donors (Lipinski definition) is 1. The molecule has 0 spiro atoms. The average molecular weight is 372 g/mol. The predicted molar refractivity (Wildman–Crippen MR) is 100 cm³/mol. The van der Waals surface area contributed by atoms with Crippen LogP contribution in [0.5, 0.6) is 5.75 Å². The Bertz CT molecular complexity index is 970. The quantitative estimate of drug-likeness (QED) is 0.742. The lowest BCUT2D eigenvalue weighted by atomic mass is 10.2. The van der Waals surface area contributed by atoms with Crippen LogP contribution in [0.2, 0.25) is 0 Å². The topological polar surface area (TPSA) is 58.6 Å². The molecule has 1 aromatic heterocycles. The van der Waals surface area contributed by atoms with Gasteiger partial charge in [-0.1, -0.05) is 12.1 Å². The van der Waals surface area contributed by atoms with E-state index >= 15 is 0 Å². The fourth-order valence-electron chi connectivity index (χ4n) is 2.51. The number of thiophene rings is 1. The molecule has 0 radical (unpaired) electrons. The number of methoxy groups -OCH3 is 1. The maximum Gasteiger partial charge on any atom is 0.264 e. The lowest BCUT2D eigenvalue weighted by molar-refractivity contribution is -0.116. The first-order valence-corrected chi connectivity index (χ1v) is 8.67. The Hall–Kier alpha value is -2.93. The van der Waals surface area contributed by atoms with Crippen LogP contribution in [0.3, 0.4) is 0 Å². The molecule has 2 aromatic carbocycles. The number of carbonyl (C=O) groups excluding carboxylic acids is 2. The summed E-state index contributed by atoms with van der Waals surface area (Å²) < 4.78 is 19.6. The van der Waals surface area contributed by atoms with Gasteiger partial charge in [-0.25, -0.2) is 4.39 Å². The van der Waals surface area contributed by atoms with E-state index in [0.717, 1.165) is 0 Å². The molecule has 7 heteroatoms. The Morgan fingerprint density at radius 2 is 1.96 bits per heavy atom. The molecule has 5 nitrogen and oxygen atoms in total. The highest BCUT2D eigenvalue weighted by Gasteiger charge is 2.18. The maximum atomic E-state index is 13.8. The number of benzene rings is 2. The van der Waals surface area contributed by atoms with E-state index in [4.69, 9.17) is 4.74 Å². The van der Waals surface area contributed by atoms with Gasteiger partial charge in [-0.3, -0.25) is 9.59 Å². The van der Waals surface area contributed by atoms with Crippen molar-refractivity contribution < 1.29 is 18.7 Å². The minimum atomic E-state index is -0.365. The molecule has 0 aliphatic carbocycles. The van der Waals surface area contributed by atoms with Gasteiger partial charge in [0, 0.05) is 28.9 Å². The molecule has 0 aliphatic rings. The van der Waals surface area contributed by atoms with Crippen LogP contribution in [0.15, 0.2) is 48.5 Å². The number of halogens is 1. The van der Waals surface area contributed by atoms with Crippen LogP contribution in [-0.4, -0.2) is 37.4 Å². The normalized spacial score (nSPS) is 10.6. The first-order valence-electron chi connectivity index (χ1n) is 7.85. The van der Waals surface area contributed by atoms with Crippen molar-refractivity contribution in [3.63, 3.8) is 0 Å². The second-order valence-corrected chi connectivity index (χ2v) is 6.79. The smallest absolute Gasteiger partial charge is 0.264 e. The molecule has 2 amide bonds. The molecule has 3 rings (SSSR count). The van der Waals surface area contributed by atoms with Gasteiger partial charge in [-0.05, 0) is 30.3 Å². The molecule has 0 atom stereocenters. The van der Waals surface area contributed by atoms with Gasteiger partial charge in [-0.2, -0.15) is 0 Å². The van der Waals surface area contributed by atoms with Crippen molar-refractivity contribution in [2.75, 3.05) is 26.0 Å². The number of rotatable bonds is 5. The zero-order valence-electron chi connectivity index (χ0n) is 14.3. The summed E-state index contributed by atoms with van der Waals surface area (Å²) in [6, 6.07) is 13.2. The van der Waals surface area contributed by atoms with E-state index in [1.54, 1.807) is 43.5 Å². The standard InChI is InChI=1S/C19H17FN2O3S/c1-22(11-18(23)21-12-5-3-6-13(9-12)25-2)19(24)17-10-14-15(20)7-4-8-16(14)26-17/h3-10H,11H2,1-2H3,(H,21,23). The average Bonchev–Trinajstić information content (AvgIpc) is 3.06. The highest BCUT2D eigenvalue weighted by atomic mass is 32.1. The third kappa shape index (κ3) is 3.83. The monoisotopic (exact) mass is 372 g/mol. The molecule has 0 aliphatic heterocycles. The van der Waals surface area contributed by atoms with E-state index in [-0.39, 0.29) is 24.2 Å². The van der Waals surface area contributed by atoms with Crippen molar-refractivity contribution in [2.45, 2.75) is 0 Å². The molecule has 3 aromatic rings. The number of fused-ring (bicyclic) bond motifs is 1. The summed E-state index contributed by atoms with van der Waals surface area (Å²) in [4.78, 5) is 26.4. The molecule has 0 saturated heterocycles. The summed E-state index contributed by atoms with van der Waals surface area (Å²) in [6.45, 7) is -0.118. The summed E-state index contributed by atoms with van der Waals surface area (Å²) in [5, 5.41) is 3.13. The molecule has 1 heterocycles. The number of nitrogens with one attached hydrogen (secondary N) is 1. The molecule has 0 saturated carbocycles. The van der Waals surface area contributed by atoms with Crippen LogP contribution in [0.25, 0.3) is 10.1 Å². The summed E-state index contributed by atoms with van der Waals surface area (Å²) in [7, 11) is 3.08. The van der Waals surface area contributed by atoms with Gasteiger partial charge < -0.3 is 15.0 Å². The summed E-state index contributed by atoms with van der Waals surface area (Å²) in [5.41, 5.74) is 0.583. The predicted octanol–water partition coefficient (Wildman–Crippen LogP) is 3.76. The maximum absolute atomic E-state index is 13.8. The summed E-state index contributed by atoms with van der Waals surface area (Å²) in [5.74, 6) is -0.399. The Morgan fingerprint density at radius 1 is 1.19 bits per heavy atom. The Kier molecular flexibility index (Phi) is 5.18. The van der Waals surface area contributed by atoms with Crippen molar-refractivity contribution in [3.05, 3.63) is 59.2 Å². The van der Waals surface area contributed by atoms with Gasteiger partial charge in [-0.15, -0.1) is 11.3 Å². The fourth-order valence-corrected chi connectivity index (χ4v) is 3.58. The molecular weight excluding hydrogens is 355 g/mol. The van der Waals surface area contributed by atoms with Gasteiger partial charge in [0.25, 0.3) is 5.91 Å². The minimum absolute atomic E-state index is 0.118. The van der Waals surface area contributed by atoms with Gasteiger partial charge in [0.05, 0.1) is 18.5 Å². The molecule has 0 unspecified atom stereocenters. The largest absolute Gasteiger partial charge is 0.497 e. The number of amides is 2. The van der Waals surface area contributed by atoms with Gasteiger partial charge in [0.15, 0.2) is 0 Å². The number of likely N-dealkylation sites (N-methyl/N-ethyl adjacent to an activating group) is 1. The molecule has 134 valence electrons. The second kappa shape index (κ2) is 7.53. The van der Waals surface area contributed by atoms with E-state index in [1.165, 1.54) is 35.4 Å². The molecule has 0 fully saturated rings. The lowest BCUT2D eigenvalue weighted by Crippen LogP contribution is -2.34. The van der Waals surface area contributed by atoms with E-state index in [0.29, 0.717) is 26.4 Å². The lowest BCUT2D eigenvalue weighted by Gasteiger charge is -2.16. The van der Waals surface area contributed by atoms with Crippen molar-refractivity contribution in [1.82, 2.24) is 4.90 Å². The van der Waals surface area contributed by atoms with Gasteiger partial charge in [0.2, 0.25) is 5.91 Å². The van der Waals surface area contributed by atoms with Crippen molar-refractivity contribution >= 4 is 38.9 Å². The van der Waals surface area contributed by atoms with Crippen LogP contribution in [-0.2, 0) is 4.79 Å². The van der Waals surface area contributed by atoms with Crippen molar-refractivity contribution in [1.29, 1.82) is 0 Å². The van der Waals surface area contributed by atoms with Crippen molar-refractivity contribution in [2.24, 2.45) is 0 Å². The highest BCUT2D eigenvalue weighted by molar-refractivity contribution is 7.20. The minimum Gasteiger partial charge on any atom is -0.497 e. The molecule has 1 N–H and O–H groups in total. The van der Waals surface area contributed by atoms with Gasteiger partial charge >= 0.3 is 0 Å². The third-order valence-corrected chi connectivity index (χ3v) is 4.89. The zero-order valence-corrected chi connectivity index (χ0v) is 15.1. The fraction of sp³-hybridized carbons (Fsp3) is 0.158. The molecular formula is C19H17FN2O3S. The Balaban J connectivity index is 1.67. The van der Waals surface area contributed by atoms with E-state index < -0.39 is 0 Å². The molecule has 26 heavy (non-hydrogen) atoms. The zero-order chi connectivity index (χ0) is 18.7. The number of hydrogen-bond acceptors (Lipinski definition) is 4. The van der Waals surface area contributed by atoms with Crippen LogP contribution >= 0.6 is 11.3 Å². The van der Waals surface area contributed by atoms with Crippen LogP contribution in [0.1, 0.15) is 9.67 Å². The van der Waals surface area contributed by atoms with Crippen LogP contribution in [0, 0.1) is 5.82 Å². The summed E-state index contributed by atoms with van der Waals surface area (Å²) >= 11 is 1.20. The van der Waals surface area contributed by atoms with Crippen LogP contribution in [0.4, 0.5) is 10.1 Å². The number of anilines is 1. The van der Waals surface area contributed by atoms with Gasteiger partial charge in [0.1, 0.15) is 11.6 Å². The second-order valence-electron chi connectivity index (χ2n) is 5.70. The number of ether oxygens (including phenoxy) is 1. The van der Waals surface area contributed by atoms with Crippen molar-refractivity contribution in [3.8, 4) is 5.75 Å². The highest BCUT2D eigenvalue weighted by Crippen LogP contribution is 2.28. The van der Waals surface area contributed by atoms with E-state index in [1.807, 2.05) is 0 Å². The summed E-state index contributed by atoms with van der Waals surface area (Å²) in [6.07, 6.45) is 0. The number of carbonyl (C=O) groups is 2. The SMILES string of the molecule is COc1cccc(NC(=O)CN(C)C(=O)c2cc3c(F)cccc3s2)c1. The van der Waals surface area contributed by atoms with E-state index in [9.17, 15) is 14.0 Å². The van der Waals surface area contributed by atoms with E-state index in [2.05, 4.69) is 5.32 Å². The Labute approximate surface area is 154 Å². The van der Waals surface area contributed by atoms with Crippen LogP contribution < -0.4 is 10.1 Å². The number of nitrogens with zero attached hydrogens (tertiary/aromatic N) is 1. The Morgan fingerprint density at radius 3 is 2.69 bits per heavy atom.